The second kappa shape index (κ2) is 9.67. The van der Waals surface area contributed by atoms with Crippen molar-refractivity contribution in [2.45, 2.75) is 26.7 Å². The molecule has 0 aliphatic carbocycles. The van der Waals surface area contributed by atoms with E-state index >= 15 is 0 Å². The van der Waals surface area contributed by atoms with Crippen LogP contribution in [0.2, 0.25) is 0 Å². The van der Waals surface area contributed by atoms with Gasteiger partial charge in [-0.2, -0.15) is 4.98 Å². The number of benzene rings is 1. The number of amides is 1. The van der Waals surface area contributed by atoms with Crippen LogP contribution in [-0.4, -0.2) is 58.8 Å². The van der Waals surface area contributed by atoms with E-state index in [1.165, 1.54) is 0 Å². The summed E-state index contributed by atoms with van der Waals surface area (Å²) in [5.74, 6) is 2.41. The molecule has 0 spiro atoms. The molecule has 9 heteroatoms. The summed E-state index contributed by atoms with van der Waals surface area (Å²) in [4.78, 5) is 23.4. The number of ether oxygens (including phenoxy) is 3. The van der Waals surface area contributed by atoms with Crippen molar-refractivity contribution in [1.29, 1.82) is 0 Å². The highest BCUT2D eigenvalue weighted by molar-refractivity contribution is 5.96. The summed E-state index contributed by atoms with van der Waals surface area (Å²) in [5, 5.41) is 4.03. The molecule has 1 saturated heterocycles. The maximum absolute atomic E-state index is 13.1. The maximum Gasteiger partial charge on any atom is 0.254 e. The van der Waals surface area contributed by atoms with Crippen LogP contribution in [0.5, 0.6) is 17.2 Å². The van der Waals surface area contributed by atoms with Gasteiger partial charge in [-0.3, -0.25) is 9.78 Å². The molecular formula is C23H26N4O5. The highest BCUT2D eigenvalue weighted by Crippen LogP contribution is 2.40. The molecule has 0 N–H and O–H groups in total. The Bertz CT molecular complexity index is 1040. The van der Waals surface area contributed by atoms with Crippen LogP contribution in [0.1, 0.15) is 42.9 Å². The van der Waals surface area contributed by atoms with Crippen molar-refractivity contribution >= 4 is 5.91 Å². The molecule has 32 heavy (non-hydrogen) atoms. The predicted molar refractivity (Wildman–Crippen MR) is 116 cm³/mol. The third kappa shape index (κ3) is 4.37. The van der Waals surface area contributed by atoms with E-state index in [0.29, 0.717) is 67.4 Å². The quantitative estimate of drug-likeness (QED) is 0.500. The van der Waals surface area contributed by atoms with E-state index in [4.69, 9.17) is 18.7 Å². The van der Waals surface area contributed by atoms with Gasteiger partial charge < -0.3 is 23.6 Å². The minimum absolute atomic E-state index is 0.00251. The van der Waals surface area contributed by atoms with Gasteiger partial charge >= 0.3 is 0 Å². The number of pyridine rings is 1. The molecule has 0 unspecified atom stereocenters. The molecule has 0 radical (unpaired) electrons. The van der Waals surface area contributed by atoms with Crippen LogP contribution < -0.4 is 14.2 Å². The molecule has 1 amide bonds. The summed E-state index contributed by atoms with van der Waals surface area (Å²) in [6.45, 7) is 8.01. The predicted octanol–water partition coefficient (Wildman–Crippen LogP) is 3.57. The topological polar surface area (TPSA) is 99.8 Å². The Morgan fingerprint density at radius 3 is 2.38 bits per heavy atom. The lowest BCUT2D eigenvalue weighted by Gasteiger charge is -2.37. The summed E-state index contributed by atoms with van der Waals surface area (Å²) in [5.41, 5.74) is 1.27. The monoisotopic (exact) mass is 438 g/mol. The molecular weight excluding hydrogens is 412 g/mol. The number of carbonyl (C=O) groups is 1. The van der Waals surface area contributed by atoms with Gasteiger partial charge in [-0.15, -0.1) is 0 Å². The fraction of sp³-hybridized carbons (Fsp3) is 0.391. The van der Waals surface area contributed by atoms with Gasteiger partial charge in [0, 0.05) is 36.6 Å². The number of carbonyl (C=O) groups excluding carboxylic acids is 1. The van der Waals surface area contributed by atoms with Crippen LogP contribution in [-0.2, 0) is 0 Å². The Hall–Kier alpha value is -3.62. The lowest BCUT2D eigenvalue weighted by Crippen LogP contribution is -2.48. The molecule has 3 heterocycles. The Balaban J connectivity index is 1.48. The van der Waals surface area contributed by atoms with Crippen LogP contribution in [0.25, 0.3) is 11.4 Å². The fourth-order valence-corrected chi connectivity index (χ4v) is 3.51. The summed E-state index contributed by atoms with van der Waals surface area (Å²) >= 11 is 0. The van der Waals surface area contributed by atoms with Gasteiger partial charge in [-0.05, 0) is 45.0 Å². The molecule has 0 atom stereocenters. The first-order chi connectivity index (χ1) is 15.6. The smallest absolute Gasteiger partial charge is 0.254 e. The third-order valence-electron chi connectivity index (χ3n) is 5.04. The molecule has 1 aliphatic rings. The lowest BCUT2D eigenvalue weighted by molar-refractivity contribution is 0.0568. The van der Waals surface area contributed by atoms with E-state index in [0.717, 1.165) is 5.56 Å². The molecule has 3 aromatic rings. The average molecular weight is 438 g/mol. The van der Waals surface area contributed by atoms with Crippen molar-refractivity contribution in [1.82, 2.24) is 20.0 Å². The summed E-state index contributed by atoms with van der Waals surface area (Å²) < 4.78 is 22.6. The molecule has 1 aliphatic heterocycles. The molecule has 0 saturated carbocycles. The molecule has 9 nitrogen and oxygen atoms in total. The minimum Gasteiger partial charge on any atom is -0.490 e. The Morgan fingerprint density at radius 2 is 1.78 bits per heavy atom. The lowest BCUT2D eigenvalue weighted by atomic mass is 9.98. The van der Waals surface area contributed by atoms with Gasteiger partial charge in [-0.1, -0.05) is 5.16 Å². The van der Waals surface area contributed by atoms with Gasteiger partial charge in [0.05, 0.1) is 25.7 Å². The first-order valence-corrected chi connectivity index (χ1v) is 10.7. The zero-order chi connectivity index (χ0) is 22.5. The number of nitrogens with zero attached hydrogens (tertiary/aromatic N) is 4. The molecule has 0 bridgehead atoms. The van der Waals surface area contributed by atoms with Crippen LogP contribution in [0, 0.1) is 0 Å². The summed E-state index contributed by atoms with van der Waals surface area (Å²) in [7, 11) is 0. The van der Waals surface area contributed by atoms with E-state index in [-0.39, 0.29) is 11.8 Å². The van der Waals surface area contributed by atoms with Crippen LogP contribution in [0.3, 0.4) is 0 Å². The second-order valence-electron chi connectivity index (χ2n) is 7.21. The first-order valence-electron chi connectivity index (χ1n) is 10.7. The molecule has 4 rings (SSSR count). The number of aromatic nitrogens is 3. The van der Waals surface area contributed by atoms with Gasteiger partial charge in [0.25, 0.3) is 5.91 Å². The Morgan fingerprint density at radius 1 is 1.09 bits per heavy atom. The van der Waals surface area contributed by atoms with Gasteiger partial charge in [-0.25, -0.2) is 0 Å². The standard InChI is InChI=1S/C23H26N4O5/c1-4-29-18-10-16(11-19(30-5-2)20(18)31-6-3)23(28)27-13-17(14-27)22-25-21(26-32-22)15-8-7-9-24-12-15/h7-12,17H,4-6,13-14H2,1-3H3. The van der Waals surface area contributed by atoms with Crippen molar-refractivity contribution < 1.29 is 23.5 Å². The highest BCUT2D eigenvalue weighted by atomic mass is 16.5. The summed E-state index contributed by atoms with van der Waals surface area (Å²) in [6, 6.07) is 7.11. The molecule has 2 aromatic heterocycles. The second-order valence-corrected chi connectivity index (χ2v) is 7.21. The van der Waals surface area contributed by atoms with E-state index in [1.807, 2.05) is 32.9 Å². The van der Waals surface area contributed by atoms with E-state index in [2.05, 4.69) is 15.1 Å². The Labute approximate surface area is 186 Å². The average Bonchev–Trinajstić information content (AvgIpc) is 3.25. The van der Waals surface area contributed by atoms with Crippen molar-refractivity contribution in [3.63, 3.8) is 0 Å². The van der Waals surface area contributed by atoms with Crippen molar-refractivity contribution in [3.8, 4) is 28.6 Å². The molecule has 1 aromatic carbocycles. The van der Waals surface area contributed by atoms with Crippen LogP contribution >= 0.6 is 0 Å². The zero-order valence-electron chi connectivity index (χ0n) is 18.4. The number of hydrogen-bond acceptors (Lipinski definition) is 8. The molecule has 168 valence electrons. The van der Waals surface area contributed by atoms with Crippen molar-refractivity contribution in [2.24, 2.45) is 0 Å². The van der Waals surface area contributed by atoms with Crippen molar-refractivity contribution in [3.05, 3.63) is 48.1 Å². The van der Waals surface area contributed by atoms with E-state index < -0.39 is 0 Å². The summed E-state index contributed by atoms with van der Waals surface area (Å²) in [6.07, 6.45) is 3.37. The normalized spacial score (nSPS) is 13.5. The van der Waals surface area contributed by atoms with E-state index in [9.17, 15) is 4.79 Å². The fourth-order valence-electron chi connectivity index (χ4n) is 3.51. The largest absolute Gasteiger partial charge is 0.490 e. The van der Waals surface area contributed by atoms with Crippen molar-refractivity contribution in [2.75, 3.05) is 32.9 Å². The van der Waals surface area contributed by atoms with Crippen LogP contribution in [0.4, 0.5) is 0 Å². The van der Waals surface area contributed by atoms with E-state index in [1.54, 1.807) is 29.4 Å². The van der Waals surface area contributed by atoms with Crippen LogP contribution in [0.15, 0.2) is 41.2 Å². The third-order valence-corrected chi connectivity index (χ3v) is 5.04. The van der Waals surface area contributed by atoms with Gasteiger partial charge in [0.2, 0.25) is 17.5 Å². The van der Waals surface area contributed by atoms with Gasteiger partial charge in [0.15, 0.2) is 11.5 Å². The zero-order valence-corrected chi connectivity index (χ0v) is 18.4. The number of hydrogen-bond donors (Lipinski definition) is 0. The number of rotatable bonds is 9. The molecule has 1 fully saturated rings. The Kier molecular flexibility index (Phi) is 6.53. The minimum atomic E-state index is -0.113. The SMILES string of the molecule is CCOc1cc(C(=O)N2CC(c3nc(-c4cccnc4)no3)C2)cc(OCC)c1OCC. The highest BCUT2D eigenvalue weighted by Gasteiger charge is 2.36. The first kappa shape index (κ1) is 21.6. The maximum atomic E-state index is 13.1. The number of likely N-dealkylation sites (tertiary alicyclic amines) is 1. The van der Waals surface area contributed by atoms with Gasteiger partial charge in [0.1, 0.15) is 0 Å².